The van der Waals surface area contributed by atoms with Crippen molar-refractivity contribution in [3.63, 3.8) is 0 Å². The molecule has 0 bridgehead atoms. The zero-order valence-electron chi connectivity index (χ0n) is 42.5. The molecule has 0 aliphatic heterocycles. The molecule has 8 aromatic rings. The zero-order valence-corrected chi connectivity index (χ0v) is 47.5. The average Bonchev–Trinajstić information content (AvgIpc) is 4.08. The van der Waals surface area contributed by atoms with E-state index in [9.17, 15) is 0 Å². The van der Waals surface area contributed by atoms with Crippen molar-refractivity contribution in [3.8, 4) is 44.5 Å². The molecule has 2 aliphatic carbocycles. The van der Waals surface area contributed by atoms with Crippen LogP contribution in [0.5, 0.6) is 0 Å². The standard InChI is InChI=1S/2C31H33.C2H6Si.2ClH.Zr/c2*1-20-11-21(2)14-26(13-20)28-9-10-29(27-15-22(3)12-23(4)16-27)31-19-25(18-30(28)31)17-24-7-5-6-8-24;1-3-2;;;/h2*9-16,18-19,24H,5-8,17H2,1-4H3;1-2H3;2*1H;/q2*-1;;;;+2/p-2. The third kappa shape index (κ3) is 13.3. The maximum absolute atomic E-state index is 2.49. The molecule has 0 atom stereocenters. The van der Waals surface area contributed by atoms with E-state index in [2.05, 4.69) is 190 Å². The van der Waals surface area contributed by atoms with Gasteiger partial charge in [0, 0.05) is 0 Å². The third-order valence-corrected chi connectivity index (χ3v) is 14.0. The van der Waals surface area contributed by atoms with E-state index in [0.29, 0.717) is 0 Å². The van der Waals surface area contributed by atoms with Gasteiger partial charge >= 0.3 is 41.9 Å². The van der Waals surface area contributed by atoms with Gasteiger partial charge in [-0.05, 0) is 91.2 Å². The summed E-state index contributed by atoms with van der Waals surface area (Å²) in [5, 5.41) is 5.65. The summed E-state index contributed by atoms with van der Waals surface area (Å²) in [6.45, 7) is 22.2. The van der Waals surface area contributed by atoms with E-state index in [1.54, 1.807) is 23.3 Å². The molecule has 0 radical (unpaired) electrons. The Labute approximate surface area is 437 Å². The first-order valence-corrected chi connectivity index (χ1v) is 31.2. The van der Waals surface area contributed by atoms with Crippen molar-refractivity contribution in [3.05, 3.63) is 177 Å². The first kappa shape index (κ1) is 53.6. The number of benzene rings is 6. The Hall–Kier alpha value is -3.78. The van der Waals surface area contributed by atoms with Gasteiger partial charge in [0.05, 0.1) is 0 Å². The summed E-state index contributed by atoms with van der Waals surface area (Å²) in [5.41, 5.74) is 24.7. The van der Waals surface area contributed by atoms with Gasteiger partial charge in [0.2, 0.25) is 0 Å². The molecule has 0 nitrogen and oxygen atoms in total. The molecule has 2 fully saturated rings. The largest absolute Gasteiger partial charge is 1.00 e. The molecule has 0 unspecified atom stereocenters. The van der Waals surface area contributed by atoms with Gasteiger partial charge in [0.25, 0.3) is 0 Å². The smallest absolute Gasteiger partial charge is 0.0274 e. The van der Waals surface area contributed by atoms with Crippen LogP contribution in [0.15, 0.2) is 121 Å². The van der Waals surface area contributed by atoms with E-state index in [1.165, 1.54) is 186 Å². The second kappa shape index (κ2) is 23.9. The number of rotatable bonds is 8. The summed E-state index contributed by atoms with van der Waals surface area (Å²) >= 11 is 1.74. The van der Waals surface area contributed by atoms with Gasteiger partial charge in [0.15, 0.2) is 0 Å². The maximum Gasteiger partial charge on any atom is -0.0274 e. The van der Waals surface area contributed by atoms with Crippen LogP contribution >= 0.6 is 0 Å². The normalized spacial score (nSPS) is 13.7. The fraction of sp³-hybridized carbons (Fsp3) is 0.344. The van der Waals surface area contributed by atoms with Crippen LogP contribution in [0.1, 0.15) is 107 Å². The minimum Gasteiger partial charge on any atom is -1.00 e. The Bertz CT molecular complexity index is 2560. The van der Waals surface area contributed by atoms with Crippen LogP contribution in [0.3, 0.4) is 0 Å². The Balaban J connectivity index is 0.000000202. The van der Waals surface area contributed by atoms with Crippen molar-refractivity contribution in [2.24, 2.45) is 11.8 Å². The third-order valence-electron chi connectivity index (χ3n) is 14.0. The number of hydrogen-bond acceptors (Lipinski definition) is 0. The molecular formula is C64H72Cl2SiZr-2. The van der Waals surface area contributed by atoms with Crippen LogP contribution in [-0.2, 0) is 36.2 Å². The van der Waals surface area contributed by atoms with Crippen LogP contribution in [0.2, 0.25) is 13.1 Å². The van der Waals surface area contributed by atoms with Crippen LogP contribution < -0.4 is 24.8 Å². The van der Waals surface area contributed by atoms with E-state index in [4.69, 9.17) is 0 Å². The van der Waals surface area contributed by atoms with Crippen LogP contribution in [0.4, 0.5) is 0 Å². The van der Waals surface area contributed by atoms with Crippen molar-refractivity contribution in [1.82, 2.24) is 0 Å². The monoisotopic (exact) mass is 1030 g/mol. The SMILES string of the molecule is C[Si](C)=[Zr+2].Cc1cc(C)cc(-c2ccc(-c3cc(C)cc(C)c3)c3[cH-]c(CC4CCCC4)cc23)c1.Cc1cc(C)cc(-c2ccc(-c3cc(C)cc(C)c3)c3[cH-]c(CC4CCCC4)cc23)c1.[Cl-].[Cl-]. The molecule has 352 valence electrons. The van der Waals surface area contributed by atoms with E-state index in [-0.39, 0.29) is 30.2 Å². The van der Waals surface area contributed by atoms with Gasteiger partial charge in [-0.3, -0.25) is 0 Å². The van der Waals surface area contributed by atoms with E-state index in [0.717, 1.165) is 11.8 Å². The van der Waals surface area contributed by atoms with Gasteiger partial charge in [-0.15, -0.1) is 44.8 Å². The summed E-state index contributed by atoms with van der Waals surface area (Å²) in [4.78, 5) is 0. The molecule has 0 amide bonds. The van der Waals surface area contributed by atoms with Crippen LogP contribution in [0.25, 0.3) is 66.1 Å². The van der Waals surface area contributed by atoms with Crippen LogP contribution in [-0.4, -0.2) is 5.43 Å². The first-order valence-electron chi connectivity index (χ1n) is 25.0. The topological polar surface area (TPSA) is 0 Å². The summed E-state index contributed by atoms with van der Waals surface area (Å²) in [7, 11) is 0. The van der Waals surface area contributed by atoms with Crippen LogP contribution in [0, 0.1) is 67.2 Å². The number of fused-ring (bicyclic) bond motifs is 2. The number of aryl methyl sites for hydroxylation is 8. The fourth-order valence-corrected chi connectivity index (χ4v) is 11.6. The molecule has 8 aromatic carbocycles. The maximum atomic E-state index is 2.49. The van der Waals surface area contributed by atoms with E-state index < -0.39 is 0 Å². The molecule has 2 saturated carbocycles. The molecule has 0 saturated heterocycles. The van der Waals surface area contributed by atoms with Crippen molar-refractivity contribution >= 4 is 27.0 Å². The molecule has 0 spiro atoms. The summed E-state index contributed by atoms with van der Waals surface area (Å²) < 4.78 is 0. The van der Waals surface area contributed by atoms with E-state index >= 15 is 0 Å². The molecule has 4 heteroatoms. The Kier molecular flexibility index (Phi) is 18.8. The Morgan fingerprint density at radius 2 is 0.632 bits per heavy atom. The predicted octanol–water partition coefficient (Wildman–Crippen LogP) is 12.5. The second-order valence-corrected chi connectivity index (χ2v) is 30.3. The van der Waals surface area contributed by atoms with Crippen molar-refractivity contribution in [2.45, 2.75) is 133 Å². The number of halogens is 2. The summed E-state index contributed by atoms with van der Waals surface area (Å²) in [6, 6.07) is 47.1. The molecule has 10 rings (SSSR count). The summed E-state index contributed by atoms with van der Waals surface area (Å²) in [5.74, 6) is 1.73. The predicted molar refractivity (Wildman–Crippen MR) is 288 cm³/mol. The van der Waals surface area contributed by atoms with Crippen molar-refractivity contribution in [2.75, 3.05) is 0 Å². The Morgan fingerprint density at radius 3 is 0.897 bits per heavy atom. The summed E-state index contributed by atoms with van der Waals surface area (Å²) in [6.07, 6.45) is 13.7. The number of hydrogen-bond donors (Lipinski definition) is 0. The van der Waals surface area contributed by atoms with Gasteiger partial charge in [-0.25, -0.2) is 0 Å². The zero-order chi connectivity index (χ0) is 46.6. The molecule has 68 heavy (non-hydrogen) atoms. The van der Waals surface area contributed by atoms with Crippen molar-refractivity contribution < 1.29 is 48.1 Å². The van der Waals surface area contributed by atoms with Gasteiger partial charge < -0.3 is 24.8 Å². The quantitative estimate of drug-likeness (QED) is 0.105. The fourth-order valence-electron chi connectivity index (χ4n) is 11.6. The molecule has 0 aromatic heterocycles. The average molecular weight is 1030 g/mol. The molecule has 0 heterocycles. The van der Waals surface area contributed by atoms with Gasteiger partial charge in [-0.1, -0.05) is 226 Å². The molecule has 2 aliphatic rings. The van der Waals surface area contributed by atoms with E-state index in [1.807, 2.05) is 0 Å². The minimum atomic E-state index is 0. The first-order chi connectivity index (χ1) is 31.6. The van der Waals surface area contributed by atoms with Gasteiger partial charge in [0.1, 0.15) is 0 Å². The molecular weight excluding hydrogens is 959 g/mol. The Morgan fingerprint density at radius 1 is 0.397 bits per heavy atom. The second-order valence-electron chi connectivity index (χ2n) is 20.9. The van der Waals surface area contributed by atoms with Gasteiger partial charge in [-0.2, -0.15) is 12.1 Å². The molecule has 0 N–H and O–H groups in total. The van der Waals surface area contributed by atoms with Crippen molar-refractivity contribution in [1.29, 1.82) is 0 Å². The minimum absolute atomic E-state index is 0.